The summed E-state index contributed by atoms with van der Waals surface area (Å²) in [6.07, 6.45) is 12.1. The van der Waals surface area contributed by atoms with Gasteiger partial charge in [0.05, 0.1) is 96.3 Å². The molecule has 1 saturated carbocycles. The summed E-state index contributed by atoms with van der Waals surface area (Å²) in [7, 11) is 23.8. The predicted octanol–water partition coefficient (Wildman–Crippen LogP) is 9.58. The summed E-state index contributed by atoms with van der Waals surface area (Å²) in [5, 5.41) is 11.7. The second-order valence-electron chi connectivity index (χ2n) is 36.4. The van der Waals surface area contributed by atoms with Gasteiger partial charge in [0.15, 0.2) is 0 Å². The van der Waals surface area contributed by atoms with Gasteiger partial charge in [-0.3, -0.25) is 32.7 Å². The van der Waals surface area contributed by atoms with E-state index in [2.05, 4.69) is 35.1 Å². The second-order valence-corrected chi connectivity index (χ2v) is 38.1. The number of carbonyl (C=O) groups excluding carboxylic acids is 7. The van der Waals surface area contributed by atoms with E-state index >= 15 is 14.2 Å². The van der Waals surface area contributed by atoms with Crippen molar-refractivity contribution in [2.75, 3.05) is 203 Å². The SMILES string of the molecule is CCCCCCCCCCC/C=C/[C@@H](OC)[C@H](COP(=O)(OC)O[C@H]1[C@H](OC)[C@@H](OC)[C@H](OC)[C@@H](O[C@]2(C(=O)OC)C[C@H](OC)[C@@H](NC(=O)CO[C@]3(C(=O)OC)C[C@H](OC)[C@@H](NC(=O)CO[C@]4(C(=O)OC)C[C@H](OC)[C@@H](NC(=O)COC)[C@H]([C@@H](OC)[C@@H](COC)OC)O4)[C@H]([C@@H](OC)[C@@H](COC)OC)O3)[C@H]([C@@H](OC)[C@@H](COC)OC)O2)[C@H]1OC)NC(=O)CCCCCCCCCCCCCCCCCCCCC. The summed E-state index contributed by atoms with van der Waals surface area (Å²) in [4.78, 5) is 102. The number of methoxy groups -OCH3 is 21. The lowest BCUT2D eigenvalue weighted by Gasteiger charge is -2.53. The van der Waals surface area contributed by atoms with Crippen molar-refractivity contribution in [2.24, 2.45) is 0 Å². The van der Waals surface area contributed by atoms with E-state index in [1.807, 2.05) is 12.2 Å². The normalized spacial score (nSPS) is 27.5. The van der Waals surface area contributed by atoms with Gasteiger partial charge in [-0.25, -0.2) is 18.9 Å². The average Bonchev–Trinajstić information content (AvgIpc) is 0.729. The quantitative estimate of drug-likeness (QED) is 0.0145. The molecule has 4 aliphatic rings. The lowest BCUT2D eigenvalue weighted by atomic mass is 9.83. The first-order valence-electron chi connectivity index (χ1n) is 50.5. The molecular formula is C99H181N4O38P. The van der Waals surface area contributed by atoms with Crippen LogP contribution in [0.15, 0.2) is 12.2 Å². The number of unbranched alkanes of at least 4 members (excludes halogenated alkanes) is 27. The maximum atomic E-state index is 15.6. The molecule has 0 radical (unpaired) electrons. The molecule has 1 aliphatic carbocycles. The van der Waals surface area contributed by atoms with E-state index in [-0.39, 0.29) is 38.8 Å². The Balaban J connectivity index is 1.74. The molecule has 27 atom stereocenters. The highest BCUT2D eigenvalue weighted by Gasteiger charge is 2.65. The molecule has 4 fully saturated rings. The third-order valence-electron chi connectivity index (χ3n) is 27.0. The van der Waals surface area contributed by atoms with Gasteiger partial charge in [-0.05, 0) is 19.3 Å². The largest absolute Gasteiger partial charge is 0.475 e. The summed E-state index contributed by atoms with van der Waals surface area (Å²) in [6.45, 7) is 1.16. The zero-order chi connectivity index (χ0) is 105. The number of carbonyl (C=O) groups is 7. The van der Waals surface area contributed by atoms with E-state index in [1.165, 1.54) is 256 Å². The number of nitrogens with one attached hydrogen (secondary N) is 4. The highest BCUT2D eigenvalue weighted by molar-refractivity contribution is 7.48. The zero-order valence-electron chi connectivity index (χ0n) is 89.7. The molecule has 142 heavy (non-hydrogen) atoms. The number of phosphoric acid groups is 1. The molecule has 0 aromatic heterocycles. The van der Waals surface area contributed by atoms with Gasteiger partial charge < -0.3 is 149 Å². The van der Waals surface area contributed by atoms with Crippen LogP contribution in [0.25, 0.3) is 0 Å². The van der Waals surface area contributed by atoms with Crippen LogP contribution < -0.4 is 21.3 Å². The second kappa shape index (κ2) is 72.6. The summed E-state index contributed by atoms with van der Waals surface area (Å²) >= 11 is 0. The molecule has 4 N–H and O–H groups in total. The van der Waals surface area contributed by atoms with Crippen LogP contribution in [-0.2, 0) is 180 Å². The van der Waals surface area contributed by atoms with Crippen LogP contribution >= 0.6 is 7.82 Å². The molecule has 0 aromatic rings. The Kier molecular flexibility index (Phi) is 66.2. The first-order chi connectivity index (χ1) is 68.6. The smallest absolute Gasteiger partial charge is 0.465 e. The van der Waals surface area contributed by atoms with E-state index < -0.39 is 240 Å². The van der Waals surface area contributed by atoms with Gasteiger partial charge in [-0.1, -0.05) is 193 Å². The molecule has 830 valence electrons. The minimum absolute atomic E-state index is 0.0634. The summed E-state index contributed by atoms with van der Waals surface area (Å²) in [6, 6.07) is -4.84. The van der Waals surface area contributed by atoms with Crippen LogP contribution in [-0.4, -0.2) is 402 Å². The number of amides is 4. The van der Waals surface area contributed by atoms with Crippen molar-refractivity contribution < 1.29 is 180 Å². The van der Waals surface area contributed by atoms with Gasteiger partial charge in [0.25, 0.3) is 17.4 Å². The van der Waals surface area contributed by atoms with E-state index in [9.17, 15) is 24.0 Å². The molecule has 4 rings (SSSR count). The molecule has 3 saturated heterocycles. The fourth-order valence-electron chi connectivity index (χ4n) is 19.4. The summed E-state index contributed by atoms with van der Waals surface area (Å²) in [5.41, 5.74) is 0. The zero-order valence-corrected chi connectivity index (χ0v) is 90.6. The van der Waals surface area contributed by atoms with Crippen LogP contribution in [0.4, 0.5) is 0 Å². The van der Waals surface area contributed by atoms with Crippen molar-refractivity contribution in [2.45, 2.75) is 383 Å². The number of hydrogen-bond donors (Lipinski definition) is 4. The third kappa shape index (κ3) is 40.2. The molecule has 0 bridgehead atoms. The first kappa shape index (κ1) is 129. The molecule has 0 spiro atoms. The van der Waals surface area contributed by atoms with E-state index in [4.69, 9.17) is 141 Å². The Morgan fingerprint density at radius 3 is 1.00 bits per heavy atom. The van der Waals surface area contributed by atoms with Crippen LogP contribution in [0, 0.1) is 0 Å². The van der Waals surface area contributed by atoms with Crippen molar-refractivity contribution in [3.63, 3.8) is 0 Å². The van der Waals surface area contributed by atoms with E-state index in [0.717, 1.165) is 79.8 Å². The Hall–Kier alpha value is -4.82. The van der Waals surface area contributed by atoms with Crippen LogP contribution in [0.5, 0.6) is 0 Å². The highest BCUT2D eigenvalue weighted by atomic mass is 31.2. The molecule has 3 aliphatic heterocycles. The van der Waals surface area contributed by atoms with Crippen molar-refractivity contribution in [1.29, 1.82) is 0 Å². The van der Waals surface area contributed by atoms with Crippen molar-refractivity contribution in [3.8, 4) is 0 Å². The fourth-order valence-corrected chi connectivity index (χ4v) is 20.5. The van der Waals surface area contributed by atoms with Crippen LogP contribution in [0.1, 0.15) is 226 Å². The van der Waals surface area contributed by atoms with Gasteiger partial charge in [0.2, 0.25) is 23.6 Å². The van der Waals surface area contributed by atoms with Gasteiger partial charge in [-0.2, -0.15) is 0 Å². The fraction of sp³-hybridized carbons (Fsp3) is 0.909. The number of ether oxygens (including phenoxy) is 27. The van der Waals surface area contributed by atoms with Crippen molar-refractivity contribution in [1.82, 2.24) is 21.3 Å². The standard InChI is InChI=1S/C99H181N4O38P/c1-25-27-29-31-33-35-37-38-39-40-41-42-43-44-46-48-50-52-54-56-75(104)100-67(68(116-7)55-53-51-49-47-45-36-34-32-30-28-26-2)60-136-142(111,133-24)141-93-90(128-19)88(126-17)89(127-18)92(91(93)129-20)140-99(96(110)132-23)59-71(119-10)81(87(139-99)84(125-16)74(122-13)63-114-5)103-78(107)66-135-98(95(109)131-22)58-70(118-9)80(86(138-98)83(124-15)73(121-12)62-113-4)102-77(106)65-134-97(94(108)130-21)57-69(117-8)79(101-76(105)64-115-6)85(137-97)82(123-14)72(120-11)61-112-3/h53,55,67-74,79-93H,25-52,54,56-66H2,1-24H3,(H,100,104)(H,101,105)(H,102,106)(H,103,107)/b55-53+/t67-,68+,69-,70-,71-,72+,73+,74+,79+,80+,81+,82-,83-,84-,85+,86+,87+,88-,89-,90+,91+,92+,93-,97+,98+,99-,142?/m0/s1. The monoisotopic (exact) mass is 2070 g/mol. The van der Waals surface area contributed by atoms with E-state index in [1.54, 1.807) is 0 Å². The number of phosphoric ester groups is 1. The minimum Gasteiger partial charge on any atom is -0.465 e. The molecule has 42 nitrogen and oxygen atoms in total. The lowest BCUT2D eigenvalue weighted by Crippen LogP contribution is -2.72. The topological polar surface area (TPSA) is 462 Å². The van der Waals surface area contributed by atoms with Gasteiger partial charge in [0, 0.05) is 161 Å². The molecular weight excluding hydrogens is 1880 g/mol. The van der Waals surface area contributed by atoms with Gasteiger partial charge in [-0.15, -0.1) is 0 Å². The lowest BCUT2D eigenvalue weighted by molar-refractivity contribution is -0.357. The molecule has 1 unspecified atom stereocenters. The third-order valence-corrected chi connectivity index (χ3v) is 28.5. The number of allylic oxidation sites excluding steroid dienone is 1. The highest BCUT2D eigenvalue weighted by Crippen LogP contribution is 2.54. The first-order valence-corrected chi connectivity index (χ1v) is 52.0. The summed E-state index contributed by atoms with van der Waals surface area (Å²) < 4.78 is 198. The molecule has 3 heterocycles. The molecule has 4 amide bonds. The maximum Gasteiger partial charge on any atom is 0.475 e. The number of esters is 3. The number of hydrogen-bond acceptors (Lipinski definition) is 38. The van der Waals surface area contributed by atoms with Crippen molar-refractivity contribution >= 4 is 49.4 Å². The van der Waals surface area contributed by atoms with Crippen LogP contribution in [0.3, 0.4) is 0 Å². The predicted molar refractivity (Wildman–Crippen MR) is 520 cm³/mol. The Labute approximate surface area is 844 Å². The Morgan fingerprint density at radius 2 is 0.676 bits per heavy atom. The van der Waals surface area contributed by atoms with E-state index in [0.29, 0.717) is 6.42 Å². The summed E-state index contributed by atoms with van der Waals surface area (Å²) in [5.74, 6) is -14.1. The van der Waals surface area contributed by atoms with Crippen LogP contribution in [0.2, 0.25) is 0 Å². The van der Waals surface area contributed by atoms with Crippen molar-refractivity contribution in [3.05, 3.63) is 12.2 Å². The van der Waals surface area contributed by atoms with Gasteiger partial charge in [0.1, 0.15) is 111 Å². The molecule has 0 aromatic carbocycles. The number of rotatable bonds is 81. The molecule has 43 heteroatoms. The maximum absolute atomic E-state index is 15.6. The average molecular weight is 2070 g/mol. The Bertz CT molecular complexity index is 3500. The minimum atomic E-state index is -4.87. The van der Waals surface area contributed by atoms with Gasteiger partial charge >= 0.3 is 25.7 Å². The Morgan fingerprint density at radius 1 is 0.352 bits per heavy atom.